The van der Waals surface area contributed by atoms with E-state index in [1.807, 2.05) is 0 Å². The lowest BCUT2D eigenvalue weighted by atomic mass is 10.3. The third-order valence-electron chi connectivity index (χ3n) is 2.24. The van der Waals surface area contributed by atoms with Gasteiger partial charge < -0.3 is 10.2 Å². The van der Waals surface area contributed by atoms with E-state index in [2.05, 4.69) is 15.1 Å². The second kappa shape index (κ2) is 5.28. The SMILES string of the molecule is O=C(O)C(O)C[n+]1ccc(-c2ncccn2)cn1. The molecule has 0 amide bonds. The monoisotopic (exact) mass is 247 g/mol. The van der Waals surface area contributed by atoms with Crippen molar-refractivity contribution in [1.82, 2.24) is 15.1 Å². The van der Waals surface area contributed by atoms with Crippen LogP contribution in [0.2, 0.25) is 0 Å². The average Bonchev–Trinajstić information content (AvgIpc) is 2.40. The molecule has 92 valence electrons. The lowest BCUT2D eigenvalue weighted by molar-refractivity contribution is -0.757. The van der Waals surface area contributed by atoms with Gasteiger partial charge in [0.1, 0.15) is 6.20 Å². The van der Waals surface area contributed by atoms with Crippen molar-refractivity contribution in [3.05, 3.63) is 36.9 Å². The van der Waals surface area contributed by atoms with Crippen LogP contribution in [0.15, 0.2) is 36.9 Å². The molecule has 0 spiro atoms. The molecule has 2 aromatic rings. The summed E-state index contributed by atoms with van der Waals surface area (Å²) in [5, 5.41) is 21.7. The van der Waals surface area contributed by atoms with E-state index in [-0.39, 0.29) is 6.54 Å². The summed E-state index contributed by atoms with van der Waals surface area (Å²) in [5.41, 5.74) is 0.719. The zero-order valence-corrected chi connectivity index (χ0v) is 9.34. The number of aliphatic carboxylic acids is 1. The smallest absolute Gasteiger partial charge is 0.339 e. The molecule has 2 heterocycles. The predicted molar refractivity (Wildman–Crippen MR) is 59.1 cm³/mol. The molecule has 2 rings (SSSR count). The van der Waals surface area contributed by atoms with E-state index in [1.165, 1.54) is 10.9 Å². The van der Waals surface area contributed by atoms with Gasteiger partial charge in [-0.2, -0.15) is 0 Å². The van der Waals surface area contributed by atoms with Crippen LogP contribution in [0.5, 0.6) is 0 Å². The number of rotatable bonds is 4. The normalized spacial score (nSPS) is 12.1. The van der Waals surface area contributed by atoms with Gasteiger partial charge in [-0.05, 0) is 11.2 Å². The van der Waals surface area contributed by atoms with Crippen LogP contribution >= 0.6 is 0 Å². The van der Waals surface area contributed by atoms with Crippen LogP contribution in [0.1, 0.15) is 0 Å². The highest BCUT2D eigenvalue weighted by atomic mass is 16.4. The minimum absolute atomic E-state index is 0.106. The molecule has 7 nitrogen and oxygen atoms in total. The minimum Gasteiger partial charge on any atom is -0.479 e. The molecule has 1 unspecified atom stereocenters. The first-order valence-electron chi connectivity index (χ1n) is 5.21. The van der Waals surface area contributed by atoms with Gasteiger partial charge in [0.15, 0.2) is 12.0 Å². The molecule has 0 aromatic carbocycles. The summed E-state index contributed by atoms with van der Waals surface area (Å²) in [5.74, 6) is -0.740. The van der Waals surface area contributed by atoms with Crippen LogP contribution in [-0.4, -0.2) is 37.4 Å². The number of hydrogen-bond donors (Lipinski definition) is 2. The highest BCUT2D eigenvalue weighted by Crippen LogP contribution is 2.09. The van der Waals surface area contributed by atoms with Crippen LogP contribution in [-0.2, 0) is 11.3 Å². The van der Waals surface area contributed by atoms with Crippen molar-refractivity contribution in [3.8, 4) is 11.4 Å². The number of carboxylic acids is 1. The summed E-state index contributed by atoms with van der Waals surface area (Å²) in [4.78, 5) is 18.6. The van der Waals surface area contributed by atoms with Crippen molar-refractivity contribution >= 4 is 5.97 Å². The quantitative estimate of drug-likeness (QED) is 0.691. The fourth-order valence-corrected chi connectivity index (χ4v) is 1.33. The second-order valence-electron chi connectivity index (χ2n) is 3.56. The highest BCUT2D eigenvalue weighted by molar-refractivity contribution is 5.71. The zero-order valence-electron chi connectivity index (χ0n) is 9.34. The molecule has 2 N–H and O–H groups in total. The molecule has 0 aliphatic carbocycles. The Kier molecular flexibility index (Phi) is 3.54. The Bertz CT molecular complexity index is 530. The number of carboxylic acid groups (broad SMARTS) is 1. The molecule has 7 heteroatoms. The van der Waals surface area contributed by atoms with Crippen LogP contribution in [0, 0.1) is 0 Å². The van der Waals surface area contributed by atoms with Crippen LogP contribution in [0.4, 0.5) is 0 Å². The fourth-order valence-electron chi connectivity index (χ4n) is 1.33. The van der Waals surface area contributed by atoms with Crippen molar-refractivity contribution in [1.29, 1.82) is 0 Å². The Hall–Kier alpha value is -2.41. The summed E-state index contributed by atoms with van der Waals surface area (Å²) in [7, 11) is 0. The molecule has 1 atom stereocenters. The number of carbonyl (C=O) groups is 1. The fraction of sp³-hybridized carbons (Fsp3) is 0.182. The Morgan fingerprint density at radius 2 is 2.11 bits per heavy atom. The van der Waals surface area contributed by atoms with Crippen LogP contribution in [0.25, 0.3) is 11.4 Å². The first-order valence-corrected chi connectivity index (χ1v) is 5.21. The van der Waals surface area contributed by atoms with Gasteiger partial charge in [0, 0.05) is 24.0 Å². The van der Waals surface area contributed by atoms with Gasteiger partial charge in [-0.3, -0.25) is 0 Å². The summed E-state index contributed by atoms with van der Waals surface area (Å²) in [6.45, 7) is -0.106. The van der Waals surface area contributed by atoms with E-state index < -0.39 is 12.1 Å². The molecule has 0 saturated carbocycles. The van der Waals surface area contributed by atoms with Crippen molar-refractivity contribution in [2.75, 3.05) is 0 Å². The third-order valence-corrected chi connectivity index (χ3v) is 2.24. The van der Waals surface area contributed by atoms with E-state index >= 15 is 0 Å². The van der Waals surface area contributed by atoms with Crippen molar-refractivity contribution in [3.63, 3.8) is 0 Å². The molecule has 0 radical (unpaired) electrons. The maximum atomic E-state index is 10.5. The molecule has 0 bridgehead atoms. The number of hydrogen-bond acceptors (Lipinski definition) is 5. The molecule has 0 aliphatic rings. The van der Waals surface area contributed by atoms with Gasteiger partial charge in [0.05, 0.1) is 0 Å². The average molecular weight is 247 g/mol. The third kappa shape index (κ3) is 2.83. The van der Waals surface area contributed by atoms with Crippen molar-refractivity contribution in [2.24, 2.45) is 0 Å². The number of aliphatic hydroxyl groups excluding tert-OH is 1. The summed E-state index contributed by atoms with van der Waals surface area (Å²) in [6.07, 6.45) is 4.86. The maximum absolute atomic E-state index is 10.5. The standard InChI is InChI=1S/C11H10N4O3/c16-9(11(17)18)7-15-5-2-8(6-14-15)10-12-3-1-4-13-10/h1-6,9,16H,7H2/p+1. The zero-order chi connectivity index (χ0) is 13.0. The molecule has 0 aliphatic heterocycles. The Labute approximate surface area is 102 Å². The Morgan fingerprint density at radius 3 is 2.67 bits per heavy atom. The van der Waals surface area contributed by atoms with Crippen LogP contribution < -0.4 is 4.68 Å². The number of aliphatic hydroxyl groups is 1. The van der Waals surface area contributed by atoms with Gasteiger partial charge in [-0.15, -0.1) is 0 Å². The summed E-state index contributed by atoms with van der Waals surface area (Å²) in [6, 6.07) is 3.42. The first kappa shape index (κ1) is 12.1. The second-order valence-corrected chi connectivity index (χ2v) is 3.56. The predicted octanol–water partition coefficient (Wildman–Crippen LogP) is -0.728. The molecule has 18 heavy (non-hydrogen) atoms. The van der Waals surface area contributed by atoms with E-state index in [0.717, 1.165) is 5.56 Å². The number of nitrogens with zero attached hydrogens (tertiary/aromatic N) is 4. The van der Waals surface area contributed by atoms with Crippen molar-refractivity contribution in [2.45, 2.75) is 12.6 Å². The van der Waals surface area contributed by atoms with Gasteiger partial charge in [0.25, 0.3) is 0 Å². The van der Waals surface area contributed by atoms with E-state index in [9.17, 15) is 9.90 Å². The topological polar surface area (TPSA) is 100 Å². The summed E-state index contributed by atoms with van der Waals surface area (Å²) < 4.78 is 1.34. The number of aromatic nitrogens is 4. The lowest BCUT2D eigenvalue weighted by Gasteiger charge is -2.00. The molecular formula is C11H11N4O3+. The molecular weight excluding hydrogens is 236 g/mol. The molecule has 0 saturated heterocycles. The van der Waals surface area contributed by atoms with Gasteiger partial charge >= 0.3 is 5.97 Å². The van der Waals surface area contributed by atoms with Crippen LogP contribution in [0.3, 0.4) is 0 Å². The molecule has 0 fully saturated rings. The lowest BCUT2D eigenvalue weighted by Crippen LogP contribution is -2.45. The summed E-state index contributed by atoms with van der Waals surface area (Å²) >= 11 is 0. The van der Waals surface area contributed by atoms with Gasteiger partial charge in [-0.1, -0.05) is 4.68 Å². The Morgan fingerprint density at radius 1 is 1.39 bits per heavy atom. The maximum Gasteiger partial charge on any atom is 0.339 e. The van der Waals surface area contributed by atoms with Crippen molar-refractivity contribution < 1.29 is 19.7 Å². The largest absolute Gasteiger partial charge is 0.479 e. The van der Waals surface area contributed by atoms with Gasteiger partial charge in [0.2, 0.25) is 12.6 Å². The minimum atomic E-state index is -1.47. The first-order chi connectivity index (χ1) is 8.66. The molecule has 2 aromatic heterocycles. The van der Waals surface area contributed by atoms with E-state index in [0.29, 0.717) is 5.82 Å². The van der Waals surface area contributed by atoms with E-state index in [1.54, 1.807) is 30.7 Å². The Balaban J connectivity index is 2.13. The van der Waals surface area contributed by atoms with Gasteiger partial charge in [-0.25, -0.2) is 14.8 Å². The van der Waals surface area contributed by atoms with E-state index in [4.69, 9.17) is 5.11 Å². The highest BCUT2D eigenvalue weighted by Gasteiger charge is 2.19.